The average Bonchev–Trinajstić information content (AvgIpc) is 2.38. The number of rotatable bonds is 4. The largest absolute Gasteiger partial charge is 0.398 e. The van der Waals surface area contributed by atoms with Crippen molar-refractivity contribution in [2.45, 2.75) is 18.7 Å². The molecule has 0 bridgehead atoms. The molecular weight excluding hydrogens is 293 g/mol. The standard InChI is InChI=1S/C14H22FN3O2S/c1-11(2)10-17-5-7-18(8-6-17)21(19,20)14-4-3-12(15)9-13(14)16/h3-4,9,11H,5-8,10,16H2,1-2H3. The van der Waals surface area contributed by atoms with Gasteiger partial charge in [0.05, 0.1) is 5.69 Å². The van der Waals surface area contributed by atoms with Gasteiger partial charge in [-0.2, -0.15) is 4.31 Å². The van der Waals surface area contributed by atoms with Crippen molar-refractivity contribution in [3.63, 3.8) is 0 Å². The molecule has 1 aliphatic heterocycles. The number of sulfonamides is 1. The summed E-state index contributed by atoms with van der Waals surface area (Å²) in [5.74, 6) is 0.0223. The highest BCUT2D eigenvalue weighted by Crippen LogP contribution is 2.24. The lowest BCUT2D eigenvalue weighted by Crippen LogP contribution is -2.49. The number of benzene rings is 1. The third kappa shape index (κ3) is 3.72. The third-order valence-corrected chi connectivity index (χ3v) is 5.52. The van der Waals surface area contributed by atoms with Gasteiger partial charge < -0.3 is 10.6 Å². The van der Waals surface area contributed by atoms with Gasteiger partial charge in [0.15, 0.2) is 0 Å². The molecule has 0 unspecified atom stereocenters. The molecule has 0 atom stereocenters. The van der Waals surface area contributed by atoms with E-state index in [0.29, 0.717) is 32.1 Å². The molecule has 7 heteroatoms. The van der Waals surface area contributed by atoms with Gasteiger partial charge >= 0.3 is 0 Å². The number of piperazine rings is 1. The molecule has 1 heterocycles. The molecule has 2 rings (SSSR count). The van der Waals surface area contributed by atoms with E-state index in [-0.39, 0.29) is 10.6 Å². The maximum Gasteiger partial charge on any atom is 0.245 e. The second-order valence-electron chi connectivity index (χ2n) is 5.78. The first-order valence-electron chi connectivity index (χ1n) is 7.08. The van der Waals surface area contributed by atoms with E-state index in [1.54, 1.807) is 0 Å². The third-order valence-electron chi connectivity index (χ3n) is 3.54. The minimum Gasteiger partial charge on any atom is -0.398 e. The molecule has 1 aromatic rings. The van der Waals surface area contributed by atoms with E-state index in [1.807, 2.05) is 0 Å². The highest BCUT2D eigenvalue weighted by molar-refractivity contribution is 7.89. The number of halogens is 1. The van der Waals surface area contributed by atoms with Crippen LogP contribution < -0.4 is 5.73 Å². The molecule has 5 nitrogen and oxygen atoms in total. The second kappa shape index (κ2) is 6.29. The van der Waals surface area contributed by atoms with Gasteiger partial charge in [0.25, 0.3) is 0 Å². The fraction of sp³-hybridized carbons (Fsp3) is 0.571. The van der Waals surface area contributed by atoms with Crippen molar-refractivity contribution in [2.24, 2.45) is 5.92 Å². The lowest BCUT2D eigenvalue weighted by Gasteiger charge is -2.34. The van der Waals surface area contributed by atoms with Crippen molar-refractivity contribution < 1.29 is 12.8 Å². The van der Waals surface area contributed by atoms with Crippen LogP contribution in [0, 0.1) is 11.7 Å². The maximum absolute atomic E-state index is 13.1. The van der Waals surface area contributed by atoms with Crippen LogP contribution in [0.2, 0.25) is 0 Å². The highest BCUT2D eigenvalue weighted by Gasteiger charge is 2.30. The van der Waals surface area contributed by atoms with E-state index in [4.69, 9.17) is 5.73 Å². The van der Waals surface area contributed by atoms with Crippen LogP contribution in [0.25, 0.3) is 0 Å². The Bertz CT molecular complexity index is 596. The summed E-state index contributed by atoms with van der Waals surface area (Å²) in [6.45, 7) is 7.53. The Hall–Kier alpha value is -1.18. The number of nitrogens with zero attached hydrogens (tertiary/aromatic N) is 2. The maximum atomic E-state index is 13.1. The molecule has 21 heavy (non-hydrogen) atoms. The van der Waals surface area contributed by atoms with Crippen LogP contribution in [-0.2, 0) is 10.0 Å². The molecule has 1 aliphatic rings. The van der Waals surface area contributed by atoms with Crippen molar-refractivity contribution in [3.8, 4) is 0 Å². The van der Waals surface area contributed by atoms with Gasteiger partial charge in [0.2, 0.25) is 10.0 Å². The van der Waals surface area contributed by atoms with Crippen LogP contribution >= 0.6 is 0 Å². The fourth-order valence-electron chi connectivity index (χ4n) is 2.56. The van der Waals surface area contributed by atoms with Crippen LogP contribution in [0.4, 0.5) is 10.1 Å². The van der Waals surface area contributed by atoms with Gasteiger partial charge in [-0.3, -0.25) is 0 Å². The van der Waals surface area contributed by atoms with Crippen molar-refractivity contribution in [3.05, 3.63) is 24.0 Å². The summed E-state index contributed by atoms with van der Waals surface area (Å²) >= 11 is 0. The first kappa shape index (κ1) is 16.2. The monoisotopic (exact) mass is 315 g/mol. The van der Waals surface area contributed by atoms with Gasteiger partial charge in [0, 0.05) is 32.7 Å². The molecule has 0 aromatic heterocycles. The molecule has 0 saturated carbocycles. The van der Waals surface area contributed by atoms with Gasteiger partial charge in [-0.05, 0) is 24.1 Å². The summed E-state index contributed by atoms with van der Waals surface area (Å²) in [6, 6.07) is 3.40. The van der Waals surface area contributed by atoms with Crippen LogP contribution in [0.5, 0.6) is 0 Å². The molecular formula is C14H22FN3O2S. The van der Waals surface area contributed by atoms with Crippen LogP contribution in [0.1, 0.15) is 13.8 Å². The zero-order chi connectivity index (χ0) is 15.6. The second-order valence-corrected chi connectivity index (χ2v) is 7.69. The van der Waals surface area contributed by atoms with Crippen LogP contribution in [-0.4, -0.2) is 50.3 Å². The summed E-state index contributed by atoms with van der Waals surface area (Å²) in [7, 11) is -3.65. The summed E-state index contributed by atoms with van der Waals surface area (Å²) < 4.78 is 39.6. The van der Waals surface area contributed by atoms with Gasteiger partial charge in [-0.1, -0.05) is 13.8 Å². The highest BCUT2D eigenvalue weighted by atomic mass is 32.2. The molecule has 0 amide bonds. The quantitative estimate of drug-likeness (QED) is 0.852. The molecule has 118 valence electrons. The number of hydrogen-bond donors (Lipinski definition) is 1. The Balaban J connectivity index is 2.11. The first-order chi connectivity index (χ1) is 9.80. The minimum atomic E-state index is -3.65. The molecule has 0 spiro atoms. The van der Waals surface area contributed by atoms with E-state index < -0.39 is 15.8 Å². The summed E-state index contributed by atoms with van der Waals surface area (Å²) in [6.07, 6.45) is 0. The van der Waals surface area contributed by atoms with Gasteiger partial charge in [0.1, 0.15) is 10.7 Å². The Morgan fingerprint density at radius 2 is 1.86 bits per heavy atom. The smallest absolute Gasteiger partial charge is 0.245 e. The topological polar surface area (TPSA) is 66.6 Å². The molecule has 0 aliphatic carbocycles. The molecule has 2 N–H and O–H groups in total. The van der Waals surface area contributed by atoms with Crippen molar-refractivity contribution in [1.82, 2.24) is 9.21 Å². The zero-order valence-electron chi connectivity index (χ0n) is 12.4. The number of nitrogens with two attached hydrogens (primary N) is 1. The zero-order valence-corrected chi connectivity index (χ0v) is 13.2. The molecule has 1 saturated heterocycles. The predicted octanol–water partition coefficient (Wildman–Crippen LogP) is 1.37. The lowest BCUT2D eigenvalue weighted by atomic mass is 10.2. The first-order valence-corrected chi connectivity index (χ1v) is 8.52. The predicted molar refractivity (Wildman–Crippen MR) is 80.8 cm³/mol. The Kier molecular flexibility index (Phi) is 4.85. The lowest BCUT2D eigenvalue weighted by molar-refractivity contribution is 0.172. The van der Waals surface area contributed by atoms with Gasteiger partial charge in [-0.25, -0.2) is 12.8 Å². The summed E-state index contributed by atoms with van der Waals surface area (Å²) in [5, 5.41) is 0. The van der Waals surface area contributed by atoms with Crippen molar-refractivity contribution in [2.75, 3.05) is 38.5 Å². The van der Waals surface area contributed by atoms with Crippen LogP contribution in [0.15, 0.2) is 23.1 Å². The van der Waals surface area contributed by atoms with E-state index in [2.05, 4.69) is 18.7 Å². The van der Waals surface area contributed by atoms with E-state index in [0.717, 1.165) is 18.7 Å². The Morgan fingerprint density at radius 1 is 1.24 bits per heavy atom. The van der Waals surface area contributed by atoms with E-state index >= 15 is 0 Å². The Morgan fingerprint density at radius 3 is 2.38 bits per heavy atom. The van der Waals surface area contributed by atoms with Crippen LogP contribution in [0.3, 0.4) is 0 Å². The minimum absolute atomic E-state index is 0.0128. The normalized spacial score (nSPS) is 18.3. The number of anilines is 1. The molecule has 1 fully saturated rings. The molecule has 0 radical (unpaired) electrons. The van der Waals surface area contributed by atoms with E-state index in [1.165, 1.54) is 10.4 Å². The number of hydrogen-bond acceptors (Lipinski definition) is 4. The fourth-order valence-corrected chi connectivity index (χ4v) is 4.08. The number of nitrogen functional groups attached to an aromatic ring is 1. The average molecular weight is 315 g/mol. The Labute approximate surface area is 125 Å². The summed E-state index contributed by atoms with van der Waals surface area (Å²) in [5.41, 5.74) is 5.61. The SMILES string of the molecule is CC(C)CN1CCN(S(=O)(=O)c2ccc(F)cc2N)CC1. The van der Waals surface area contributed by atoms with E-state index in [9.17, 15) is 12.8 Å². The van der Waals surface area contributed by atoms with Crippen molar-refractivity contribution in [1.29, 1.82) is 0 Å². The summed E-state index contributed by atoms with van der Waals surface area (Å²) in [4.78, 5) is 2.24. The van der Waals surface area contributed by atoms with Gasteiger partial charge in [-0.15, -0.1) is 0 Å². The van der Waals surface area contributed by atoms with Crippen molar-refractivity contribution >= 4 is 15.7 Å². The molecule has 1 aromatic carbocycles.